The molecule has 2 aromatic carbocycles. The van der Waals surface area contributed by atoms with Crippen molar-refractivity contribution in [3.05, 3.63) is 63.1 Å². The minimum atomic E-state index is -0.117. The van der Waals surface area contributed by atoms with E-state index in [0.29, 0.717) is 5.75 Å². The molecule has 0 unspecified atom stereocenters. The van der Waals surface area contributed by atoms with Crippen molar-refractivity contribution in [2.24, 2.45) is 0 Å². The predicted molar refractivity (Wildman–Crippen MR) is 115 cm³/mol. The first kappa shape index (κ1) is 21.5. The molecule has 0 radical (unpaired) electrons. The largest absolute Gasteiger partial charge is 0.483 e. The molecule has 0 heterocycles. The number of aryl methyl sites for hydroxylation is 2. The molecule has 0 saturated carbocycles. The lowest BCUT2D eigenvalue weighted by Gasteiger charge is -2.21. The van der Waals surface area contributed by atoms with Gasteiger partial charge in [-0.2, -0.15) is 0 Å². The van der Waals surface area contributed by atoms with Crippen LogP contribution in [0.25, 0.3) is 0 Å². The Bertz CT molecular complexity index is 809. The molecule has 0 bridgehead atoms. The van der Waals surface area contributed by atoms with Gasteiger partial charge in [0.05, 0.1) is 10.5 Å². The van der Waals surface area contributed by atoms with E-state index < -0.39 is 0 Å². The van der Waals surface area contributed by atoms with Crippen LogP contribution in [0.15, 0.2) is 40.9 Å². The summed E-state index contributed by atoms with van der Waals surface area (Å²) in [6.07, 6.45) is 0.833. The van der Waals surface area contributed by atoms with Crippen LogP contribution in [0.3, 0.4) is 0 Å². The highest BCUT2D eigenvalue weighted by Crippen LogP contribution is 2.31. The molecule has 0 fully saturated rings. The van der Waals surface area contributed by atoms with E-state index in [1.807, 2.05) is 12.1 Å². The molecular formula is C23H30BrNO2. The van der Waals surface area contributed by atoms with E-state index in [0.717, 1.165) is 16.5 Å². The van der Waals surface area contributed by atoms with Crippen molar-refractivity contribution in [1.82, 2.24) is 5.32 Å². The van der Waals surface area contributed by atoms with Crippen LogP contribution in [0, 0.1) is 13.8 Å². The molecule has 4 heteroatoms. The topological polar surface area (TPSA) is 38.3 Å². The van der Waals surface area contributed by atoms with Gasteiger partial charge in [-0.25, -0.2) is 0 Å². The van der Waals surface area contributed by atoms with Gasteiger partial charge in [0.2, 0.25) is 0 Å². The van der Waals surface area contributed by atoms with Crippen LogP contribution in [0.2, 0.25) is 0 Å². The second-order valence-electron chi connectivity index (χ2n) is 8.07. The van der Waals surface area contributed by atoms with Gasteiger partial charge in [0, 0.05) is 0 Å². The van der Waals surface area contributed by atoms with Gasteiger partial charge in [-0.1, -0.05) is 57.5 Å². The molecule has 2 aromatic rings. The Hall–Kier alpha value is -1.81. The van der Waals surface area contributed by atoms with Crippen LogP contribution in [-0.4, -0.2) is 12.5 Å². The van der Waals surface area contributed by atoms with E-state index in [1.165, 1.54) is 16.7 Å². The van der Waals surface area contributed by atoms with E-state index in [2.05, 4.69) is 87.1 Å². The Morgan fingerprint density at radius 1 is 1.15 bits per heavy atom. The van der Waals surface area contributed by atoms with Gasteiger partial charge in [-0.15, -0.1) is 0 Å². The number of ether oxygens (including phenoxy) is 1. The first-order valence-electron chi connectivity index (χ1n) is 9.41. The summed E-state index contributed by atoms with van der Waals surface area (Å²) in [6, 6.07) is 12.3. The molecule has 1 N–H and O–H groups in total. The number of carbonyl (C=O) groups excluding carboxylic acids is 1. The van der Waals surface area contributed by atoms with Crippen molar-refractivity contribution in [3.63, 3.8) is 0 Å². The number of nitrogens with one attached hydrogen (secondary N) is 1. The lowest BCUT2D eigenvalue weighted by molar-refractivity contribution is -0.123. The monoisotopic (exact) mass is 431 g/mol. The van der Waals surface area contributed by atoms with Crippen molar-refractivity contribution >= 4 is 21.8 Å². The Morgan fingerprint density at radius 3 is 2.41 bits per heavy atom. The van der Waals surface area contributed by atoms with E-state index in [9.17, 15) is 4.79 Å². The molecule has 146 valence electrons. The third kappa shape index (κ3) is 5.83. The van der Waals surface area contributed by atoms with Crippen molar-refractivity contribution < 1.29 is 9.53 Å². The average molecular weight is 432 g/mol. The van der Waals surface area contributed by atoms with Crippen molar-refractivity contribution in [2.45, 2.75) is 59.4 Å². The van der Waals surface area contributed by atoms with E-state index >= 15 is 0 Å². The highest BCUT2D eigenvalue weighted by molar-refractivity contribution is 9.10. The molecule has 2 rings (SSSR count). The van der Waals surface area contributed by atoms with Crippen molar-refractivity contribution in [2.75, 3.05) is 6.61 Å². The highest BCUT2D eigenvalue weighted by atomic mass is 79.9. The standard InChI is InChI=1S/C23H30BrNO2/c1-7-20(18-10-8-15(2)12-16(18)3)25-22(26)14-27-21-11-9-17(13-19(21)24)23(4,5)6/h8-13,20H,7,14H2,1-6H3,(H,25,26)/t20-/m0/s1. The van der Waals surface area contributed by atoms with Gasteiger partial charge < -0.3 is 10.1 Å². The fourth-order valence-electron chi connectivity index (χ4n) is 3.08. The molecular weight excluding hydrogens is 402 g/mol. The Morgan fingerprint density at radius 2 is 1.85 bits per heavy atom. The fourth-order valence-corrected chi connectivity index (χ4v) is 3.57. The summed E-state index contributed by atoms with van der Waals surface area (Å²) >= 11 is 3.55. The van der Waals surface area contributed by atoms with Crippen LogP contribution in [-0.2, 0) is 10.2 Å². The van der Waals surface area contributed by atoms with E-state index in [1.54, 1.807) is 0 Å². The molecule has 0 aliphatic heterocycles. The summed E-state index contributed by atoms with van der Waals surface area (Å²) in [5.74, 6) is 0.561. The Kier molecular flexibility index (Phi) is 7.10. The van der Waals surface area contributed by atoms with Gasteiger partial charge in [0.1, 0.15) is 5.75 Å². The third-order valence-electron chi connectivity index (χ3n) is 4.70. The second kappa shape index (κ2) is 8.92. The molecule has 0 saturated heterocycles. The van der Waals surface area contributed by atoms with Gasteiger partial charge in [-0.3, -0.25) is 4.79 Å². The molecule has 1 amide bonds. The van der Waals surface area contributed by atoms with Gasteiger partial charge in [0.25, 0.3) is 5.91 Å². The first-order valence-corrected chi connectivity index (χ1v) is 10.2. The molecule has 0 aliphatic carbocycles. The minimum Gasteiger partial charge on any atom is -0.483 e. The van der Waals surface area contributed by atoms with Crippen LogP contribution < -0.4 is 10.1 Å². The molecule has 27 heavy (non-hydrogen) atoms. The Labute approximate surface area is 171 Å². The van der Waals surface area contributed by atoms with Gasteiger partial charge >= 0.3 is 0 Å². The summed E-state index contributed by atoms with van der Waals surface area (Å²) < 4.78 is 6.60. The molecule has 0 aromatic heterocycles. The smallest absolute Gasteiger partial charge is 0.258 e. The predicted octanol–water partition coefficient (Wildman–Crippen LogP) is 6.01. The summed E-state index contributed by atoms with van der Waals surface area (Å²) in [7, 11) is 0. The van der Waals surface area contributed by atoms with Gasteiger partial charge in [-0.05, 0) is 70.4 Å². The van der Waals surface area contributed by atoms with Crippen LogP contribution >= 0.6 is 15.9 Å². The maximum Gasteiger partial charge on any atom is 0.258 e. The summed E-state index contributed by atoms with van der Waals surface area (Å²) in [6.45, 7) is 12.7. The minimum absolute atomic E-state index is 0.00509. The zero-order valence-corrected chi connectivity index (χ0v) is 18.7. The van der Waals surface area contributed by atoms with E-state index in [4.69, 9.17) is 4.74 Å². The lowest BCUT2D eigenvalue weighted by atomic mass is 9.87. The maximum absolute atomic E-state index is 12.4. The van der Waals surface area contributed by atoms with E-state index in [-0.39, 0.29) is 24.0 Å². The number of rotatable bonds is 6. The van der Waals surface area contributed by atoms with Crippen molar-refractivity contribution in [1.29, 1.82) is 0 Å². The fraction of sp³-hybridized carbons (Fsp3) is 0.435. The summed E-state index contributed by atoms with van der Waals surface area (Å²) in [4.78, 5) is 12.4. The number of hydrogen-bond donors (Lipinski definition) is 1. The SMILES string of the molecule is CC[C@H](NC(=O)COc1ccc(C(C)(C)C)cc1Br)c1ccc(C)cc1C. The lowest BCUT2D eigenvalue weighted by Crippen LogP contribution is -2.32. The number of carbonyl (C=O) groups is 1. The number of hydrogen-bond acceptors (Lipinski definition) is 2. The number of halogens is 1. The number of amides is 1. The second-order valence-corrected chi connectivity index (χ2v) is 8.93. The average Bonchev–Trinajstić information content (AvgIpc) is 2.58. The Balaban J connectivity index is 2.01. The summed E-state index contributed by atoms with van der Waals surface area (Å²) in [5, 5.41) is 3.09. The molecule has 0 aliphatic rings. The van der Waals surface area contributed by atoms with Crippen LogP contribution in [0.1, 0.15) is 62.4 Å². The van der Waals surface area contributed by atoms with Crippen molar-refractivity contribution in [3.8, 4) is 5.75 Å². The number of benzene rings is 2. The molecule has 3 nitrogen and oxygen atoms in total. The summed E-state index contributed by atoms with van der Waals surface area (Å²) in [5.41, 5.74) is 4.87. The molecule has 1 atom stereocenters. The third-order valence-corrected chi connectivity index (χ3v) is 5.32. The van der Waals surface area contributed by atoms with Crippen LogP contribution in [0.4, 0.5) is 0 Å². The zero-order valence-electron chi connectivity index (χ0n) is 17.2. The molecule has 0 spiro atoms. The normalized spacial score (nSPS) is 12.6. The first-order chi connectivity index (χ1) is 12.6. The quantitative estimate of drug-likeness (QED) is 0.607. The highest BCUT2D eigenvalue weighted by Gasteiger charge is 2.17. The maximum atomic E-state index is 12.4. The zero-order chi connectivity index (χ0) is 20.2. The van der Waals surface area contributed by atoms with Crippen LogP contribution in [0.5, 0.6) is 5.75 Å². The van der Waals surface area contributed by atoms with Gasteiger partial charge in [0.15, 0.2) is 6.61 Å².